The predicted octanol–water partition coefficient (Wildman–Crippen LogP) is 2.48. The Balaban J connectivity index is 3.01. The lowest BCUT2D eigenvalue weighted by Crippen LogP contribution is -2.25. The van der Waals surface area contributed by atoms with Crippen LogP contribution in [-0.4, -0.2) is 27.5 Å². The Bertz CT molecular complexity index is 497. The van der Waals surface area contributed by atoms with Crippen molar-refractivity contribution in [1.29, 1.82) is 0 Å². The maximum Gasteiger partial charge on any atom is 0.311 e. The number of rotatable bonds is 4. The van der Waals surface area contributed by atoms with Crippen molar-refractivity contribution in [1.82, 2.24) is 0 Å². The zero-order valence-electron chi connectivity index (χ0n) is 11.2. The Morgan fingerprint density at radius 2 is 2.05 bits per heavy atom. The van der Waals surface area contributed by atoms with Crippen LogP contribution in [0.2, 0.25) is 0 Å². The molecule has 1 unspecified atom stereocenters. The van der Waals surface area contributed by atoms with E-state index in [1.54, 1.807) is 26.8 Å². The van der Waals surface area contributed by atoms with Gasteiger partial charge in [0.1, 0.15) is 16.1 Å². The van der Waals surface area contributed by atoms with Crippen molar-refractivity contribution < 1.29 is 14.2 Å². The minimum absolute atomic E-state index is 0.145. The second-order valence-electron chi connectivity index (χ2n) is 4.78. The summed E-state index contributed by atoms with van der Waals surface area (Å²) in [5, 5.41) is 10.9. The summed E-state index contributed by atoms with van der Waals surface area (Å²) >= 11 is -1.39. The fraction of sp³-hybridized carbons (Fsp3) is 0.417. The molecule has 0 bridgehead atoms. The molecule has 0 spiro atoms. The third kappa shape index (κ3) is 4.22. The molecule has 0 saturated heterocycles. The van der Waals surface area contributed by atoms with Crippen molar-refractivity contribution in [3.8, 4) is 5.75 Å². The average molecular weight is 284 g/mol. The molecule has 0 heterocycles. The molecule has 0 saturated carbocycles. The molecule has 0 radical (unpaired) electrons. The van der Waals surface area contributed by atoms with Gasteiger partial charge in [-0.3, -0.25) is 10.1 Å². The van der Waals surface area contributed by atoms with E-state index < -0.39 is 21.0 Å². The van der Waals surface area contributed by atoms with E-state index in [1.807, 2.05) is 0 Å². The zero-order chi connectivity index (χ0) is 14.6. The number of hydrogen-bond acceptors (Lipinski definition) is 5. The first-order valence-electron chi connectivity index (χ1n) is 5.54. The van der Waals surface area contributed by atoms with E-state index in [1.165, 1.54) is 25.5 Å². The van der Waals surface area contributed by atoms with Gasteiger partial charge in [-0.25, -0.2) is 0 Å². The van der Waals surface area contributed by atoms with E-state index in [-0.39, 0.29) is 11.4 Å². The van der Waals surface area contributed by atoms with E-state index in [0.717, 1.165) is 0 Å². The van der Waals surface area contributed by atoms with Gasteiger partial charge >= 0.3 is 5.69 Å². The van der Waals surface area contributed by atoms with E-state index in [9.17, 15) is 14.7 Å². The Labute approximate surface area is 115 Å². The SMILES string of the molecule is COc1ccc(C=N[S+]([O-])C(C)(C)C)cc1[N+](=O)[O-]. The monoisotopic (exact) mass is 284 g/mol. The first-order chi connectivity index (χ1) is 8.75. The van der Waals surface area contributed by atoms with Crippen LogP contribution in [0.25, 0.3) is 0 Å². The quantitative estimate of drug-likeness (QED) is 0.368. The van der Waals surface area contributed by atoms with Crippen molar-refractivity contribution >= 4 is 23.3 Å². The molecule has 1 atom stereocenters. The van der Waals surface area contributed by atoms with Crippen LogP contribution < -0.4 is 4.74 Å². The smallest absolute Gasteiger partial charge is 0.311 e. The minimum atomic E-state index is -1.39. The lowest BCUT2D eigenvalue weighted by Gasteiger charge is -2.17. The summed E-state index contributed by atoms with van der Waals surface area (Å²) < 4.78 is 20.1. The third-order valence-corrected chi connectivity index (χ3v) is 3.57. The number of hydrogen-bond donors (Lipinski definition) is 0. The zero-order valence-corrected chi connectivity index (χ0v) is 12.1. The number of benzene rings is 1. The second kappa shape index (κ2) is 6.03. The Morgan fingerprint density at radius 3 is 2.53 bits per heavy atom. The van der Waals surface area contributed by atoms with Crippen LogP contribution in [0.1, 0.15) is 26.3 Å². The largest absolute Gasteiger partial charge is 0.591 e. The van der Waals surface area contributed by atoms with Crippen molar-refractivity contribution in [2.75, 3.05) is 7.11 Å². The molecule has 6 nitrogen and oxygen atoms in total. The van der Waals surface area contributed by atoms with Gasteiger partial charge in [-0.2, -0.15) is 0 Å². The normalized spacial score (nSPS) is 13.5. The molecule has 1 aromatic carbocycles. The molecule has 19 heavy (non-hydrogen) atoms. The van der Waals surface area contributed by atoms with Gasteiger partial charge in [0.15, 0.2) is 5.75 Å². The Hall–Kier alpha value is -1.60. The van der Waals surface area contributed by atoms with Crippen molar-refractivity contribution in [3.63, 3.8) is 0 Å². The molecule has 0 amide bonds. The second-order valence-corrected chi connectivity index (χ2v) is 6.72. The summed E-state index contributed by atoms with van der Waals surface area (Å²) in [5.74, 6) is 0.180. The summed E-state index contributed by atoms with van der Waals surface area (Å²) in [5.41, 5.74) is 0.359. The number of nitro benzene ring substituents is 1. The van der Waals surface area contributed by atoms with Crippen LogP contribution in [0.5, 0.6) is 5.75 Å². The topological polar surface area (TPSA) is 87.8 Å². The summed E-state index contributed by atoms with van der Waals surface area (Å²) in [7, 11) is 1.37. The summed E-state index contributed by atoms with van der Waals surface area (Å²) in [4.78, 5) is 10.3. The highest BCUT2D eigenvalue weighted by Gasteiger charge is 2.26. The van der Waals surface area contributed by atoms with E-state index in [2.05, 4.69) is 4.40 Å². The molecular formula is C12H16N2O4S. The molecule has 0 aliphatic rings. The van der Waals surface area contributed by atoms with Crippen LogP contribution in [0.15, 0.2) is 22.6 Å². The maximum absolute atomic E-state index is 11.7. The van der Waals surface area contributed by atoms with Crippen LogP contribution in [0.4, 0.5) is 5.69 Å². The van der Waals surface area contributed by atoms with E-state index in [4.69, 9.17) is 4.74 Å². The summed E-state index contributed by atoms with van der Waals surface area (Å²) in [6, 6.07) is 4.44. The lowest BCUT2D eigenvalue weighted by atomic mass is 10.2. The molecule has 1 rings (SSSR count). The van der Waals surface area contributed by atoms with Crippen LogP contribution in [0, 0.1) is 10.1 Å². The fourth-order valence-corrected chi connectivity index (χ4v) is 1.73. The number of nitrogens with zero attached hydrogens (tertiary/aromatic N) is 2. The van der Waals surface area contributed by atoms with Gasteiger partial charge < -0.3 is 9.29 Å². The molecule has 0 aliphatic carbocycles. The molecular weight excluding hydrogens is 268 g/mol. The van der Waals surface area contributed by atoms with Crippen LogP contribution in [0.3, 0.4) is 0 Å². The Kier molecular flexibility index (Phi) is 4.90. The predicted molar refractivity (Wildman–Crippen MR) is 75.1 cm³/mol. The standard InChI is InChI=1S/C12H16N2O4S/c1-12(2,3)19(17)13-8-9-5-6-11(18-4)10(7-9)14(15)16/h5-8H,1-4H3. The van der Waals surface area contributed by atoms with Crippen molar-refractivity contribution in [2.45, 2.75) is 25.5 Å². The third-order valence-electron chi connectivity index (χ3n) is 2.22. The molecule has 0 N–H and O–H groups in total. The van der Waals surface area contributed by atoms with Gasteiger partial charge in [-0.15, -0.1) is 0 Å². The van der Waals surface area contributed by atoms with E-state index >= 15 is 0 Å². The molecule has 0 fully saturated rings. The van der Waals surface area contributed by atoms with Crippen LogP contribution in [-0.2, 0) is 11.4 Å². The fourth-order valence-electron chi connectivity index (χ4n) is 1.20. The van der Waals surface area contributed by atoms with Gasteiger partial charge in [0.05, 0.1) is 18.2 Å². The lowest BCUT2D eigenvalue weighted by molar-refractivity contribution is -0.385. The highest BCUT2D eigenvalue weighted by Crippen LogP contribution is 2.27. The summed E-state index contributed by atoms with van der Waals surface area (Å²) in [6.45, 7) is 5.41. The van der Waals surface area contributed by atoms with Crippen molar-refractivity contribution in [3.05, 3.63) is 33.9 Å². The average Bonchev–Trinajstić information content (AvgIpc) is 2.34. The summed E-state index contributed by atoms with van der Waals surface area (Å²) in [6.07, 6.45) is 1.37. The number of methoxy groups -OCH3 is 1. The molecule has 104 valence electrons. The highest BCUT2D eigenvalue weighted by molar-refractivity contribution is 7.91. The number of ether oxygens (including phenoxy) is 1. The highest BCUT2D eigenvalue weighted by atomic mass is 32.2. The van der Waals surface area contributed by atoms with Gasteiger partial charge in [0.25, 0.3) is 0 Å². The Morgan fingerprint density at radius 1 is 1.42 bits per heavy atom. The first-order valence-corrected chi connectivity index (χ1v) is 6.65. The van der Waals surface area contributed by atoms with Gasteiger partial charge in [-0.1, -0.05) is 4.40 Å². The molecule has 0 aliphatic heterocycles. The van der Waals surface area contributed by atoms with E-state index in [0.29, 0.717) is 5.56 Å². The first kappa shape index (κ1) is 15.5. The molecule has 1 aromatic rings. The minimum Gasteiger partial charge on any atom is -0.591 e. The van der Waals surface area contributed by atoms with Crippen LogP contribution >= 0.6 is 0 Å². The van der Waals surface area contributed by atoms with Gasteiger partial charge in [-0.05, 0) is 32.9 Å². The van der Waals surface area contributed by atoms with Gasteiger partial charge in [0, 0.05) is 11.6 Å². The molecule has 0 aromatic heterocycles. The maximum atomic E-state index is 11.7. The number of nitro groups is 1. The van der Waals surface area contributed by atoms with Crippen molar-refractivity contribution in [2.24, 2.45) is 4.40 Å². The molecule has 7 heteroatoms. The van der Waals surface area contributed by atoms with Gasteiger partial charge in [0.2, 0.25) is 0 Å².